The molecule has 1 amide bonds. The van der Waals surface area contributed by atoms with Gasteiger partial charge in [0.1, 0.15) is 5.75 Å². The van der Waals surface area contributed by atoms with Crippen molar-refractivity contribution >= 4 is 5.91 Å². The van der Waals surface area contributed by atoms with E-state index < -0.39 is 12.0 Å². The van der Waals surface area contributed by atoms with E-state index in [0.29, 0.717) is 11.6 Å². The topological polar surface area (TPSA) is 95.6 Å². The minimum absolute atomic E-state index is 0.0333. The van der Waals surface area contributed by atoms with Crippen molar-refractivity contribution in [3.8, 4) is 5.75 Å². The van der Waals surface area contributed by atoms with Gasteiger partial charge in [-0.05, 0) is 37.5 Å². The van der Waals surface area contributed by atoms with E-state index in [1.807, 2.05) is 0 Å². The summed E-state index contributed by atoms with van der Waals surface area (Å²) in [5.74, 6) is -0.857. The molecule has 0 spiro atoms. The Morgan fingerprint density at radius 3 is 2.84 bits per heavy atom. The van der Waals surface area contributed by atoms with Crippen LogP contribution in [-0.2, 0) is 0 Å². The van der Waals surface area contributed by atoms with Crippen molar-refractivity contribution in [3.05, 3.63) is 29.3 Å². The lowest BCUT2D eigenvalue weighted by atomic mass is 9.91. The zero-order valence-electron chi connectivity index (χ0n) is 11.0. The molecule has 1 aliphatic rings. The van der Waals surface area contributed by atoms with E-state index >= 15 is 0 Å². The van der Waals surface area contributed by atoms with Crippen LogP contribution in [0, 0.1) is 0 Å². The molecule has 0 bridgehead atoms. The molecule has 0 saturated carbocycles. The van der Waals surface area contributed by atoms with Crippen LogP contribution >= 0.6 is 0 Å². The third kappa shape index (κ3) is 3.05. The molecule has 3 atom stereocenters. The first-order valence-electron chi connectivity index (χ1n) is 6.56. The van der Waals surface area contributed by atoms with Gasteiger partial charge >= 0.3 is 0 Å². The molecular formula is C14H20N2O3. The van der Waals surface area contributed by atoms with Crippen LogP contribution in [-0.4, -0.2) is 28.2 Å². The number of phenols is 1. The molecular weight excluding hydrogens is 244 g/mol. The monoisotopic (exact) mass is 264 g/mol. The van der Waals surface area contributed by atoms with Crippen molar-refractivity contribution in [2.24, 2.45) is 5.73 Å². The van der Waals surface area contributed by atoms with E-state index in [1.165, 1.54) is 12.1 Å². The van der Waals surface area contributed by atoms with Crippen molar-refractivity contribution in [1.29, 1.82) is 0 Å². The fraction of sp³-hybridized carbons (Fsp3) is 0.500. The average Bonchev–Trinajstić information content (AvgIpc) is 2.38. The van der Waals surface area contributed by atoms with Crippen LogP contribution in [0.25, 0.3) is 0 Å². The maximum Gasteiger partial charge on any atom is 0.252 e. The Balaban J connectivity index is 2.21. The molecule has 0 aromatic heterocycles. The largest absolute Gasteiger partial charge is 0.507 e. The van der Waals surface area contributed by atoms with Crippen LogP contribution < -0.4 is 11.1 Å². The maximum atomic E-state index is 11.2. The van der Waals surface area contributed by atoms with E-state index in [0.717, 1.165) is 19.3 Å². The molecule has 0 aliphatic carbocycles. The Morgan fingerprint density at radius 1 is 1.47 bits per heavy atom. The van der Waals surface area contributed by atoms with Gasteiger partial charge in [-0.3, -0.25) is 4.79 Å². The summed E-state index contributed by atoms with van der Waals surface area (Å²) in [6.45, 7) is 2.09. The lowest BCUT2D eigenvalue weighted by Gasteiger charge is -2.32. The van der Waals surface area contributed by atoms with Crippen LogP contribution in [0.15, 0.2) is 18.2 Å². The van der Waals surface area contributed by atoms with Gasteiger partial charge in [-0.15, -0.1) is 0 Å². The summed E-state index contributed by atoms with van der Waals surface area (Å²) in [6.07, 6.45) is 2.35. The second-order valence-corrected chi connectivity index (χ2v) is 5.19. The summed E-state index contributed by atoms with van der Waals surface area (Å²) in [5.41, 5.74) is 5.83. The lowest BCUT2D eigenvalue weighted by molar-refractivity contribution is 0.0990. The number of aliphatic hydroxyl groups is 1. The molecule has 19 heavy (non-hydrogen) atoms. The number of carbonyl (C=O) groups is 1. The highest BCUT2D eigenvalue weighted by molar-refractivity contribution is 5.95. The van der Waals surface area contributed by atoms with Crippen molar-refractivity contribution in [2.75, 3.05) is 0 Å². The second-order valence-electron chi connectivity index (χ2n) is 5.19. The van der Waals surface area contributed by atoms with Crippen LogP contribution in [0.1, 0.15) is 48.2 Å². The molecule has 1 fully saturated rings. The summed E-state index contributed by atoms with van der Waals surface area (Å²) >= 11 is 0. The van der Waals surface area contributed by atoms with Gasteiger partial charge in [0, 0.05) is 12.1 Å². The fourth-order valence-electron chi connectivity index (χ4n) is 2.59. The van der Waals surface area contributed by atoms with E-state index in [4.69, 9.17) is 5.73 Å². The second kappa shape index (κ2) is 5.59. The van der Waals surface area contributed by atoms with Gasteiger partial charge in [0.25, 0.3) is 5.91 Å². The number of piperidine rings is 1. The summed E-state index contributed by atoms with van der Waals surface area (Å²) < 4.78 is 0. The summed E-state index contributed by atoms with van der Waals surface area (Å²) in [7, 11) is 0. The molecule has 3 unspecified atom stereocenters. The van der Waals surface area contributed by atoms with Gasteiger partial charge < -0.3 is 21.3 Å². The van der Waals surface area contributed by atoms with E-state index in [-0.39, 0.29) is 17.4 Å². The van der Waals surface area contributed by atoms with Crippen LogP contribution in [0.5, 0.6) is 5.75 Å². The molecule has 1 heterocycles. The molecule has 5 N–H and O–H groups in total. The van der Waals surface area contributed by atoms with Crippen LogP contribution in [0.2, 0.25) is 0 Å². The maximum absolute atomic E-state index is 11.2. The molecule has 1 aromatic rings. The Bertz CT molecular complexity index is 476. The van der Waals surface area contributed by atoms with Crippen LogP contribution in [0.4, 0.5) is 0 Å². The third-order valence-electron chi connectivity index (χ3n) is 3.66. The van der Waals surface area contributed by atoms with Gasteiger partial charge in [0.15, 0.2) is 0 Å². The van der Waals surface area contributed by atoms with E-state index in [9.17, 15) is 15.0 Å². The first-order valence-corrected chi connectivity index (χ1v) is 6.56. The van der Waals surface area contributed by atoms with Gasteiger partial charge in [0.2, 0.25) is 0 Å². The first-order chi connectivity index (χ1) is 8.99. The smallest absolute Gasteiger partial charge is 0.252 e. The zero-order valence-corrected chi connectivity index (χ0v) is 11.0. The number of amides is 1. The summed E-state index contributed by atoms with van der Waals surface area (Å²) in [4.78, 5) is 11.2. The molecule has 5 nitrogen and oxygen atoms in total. The van der Waals surface area contributed by atoms with Crippen molar-refractivity contribution < 1.29 is 15.0 Å². The number of aromatic hydroxyl groups is 1. The number of benzene rings is 1. The SMILES string of the molecule is CC1CCCC(C(O)c2ccc(O)c(C(N)=O)c2)N1. The highest BCUT2D eigenvalue weighted by Crippen LogP contribution is 2.27. The molecule has 1 aromatic carbocycles. The molecule has 2 rings (SSSR count). The summed E-state index contributed by atoms with van der Waals surface area (Å²) in [5, 5.41) is 23.3. The number of nitrogens with one attached hydrogen (secondary N) is 1. The van der Waals surface area contributed by atoms with Gasteiger partial charge in [-0.1, -0.05) is 12.5 Å². The minimum Gasteiger partial charge on any atom is -0.507 e. The zero-order chi connectivity index (χ0) is 14.0. The Morgan fingerprint density at radius 2 is 2.21 bits per heavy atom. The van der Waals surface area contributed by atoms with E-state index in [1.54, 1.807) is 6.07 Å². The predicted molar refractivity (Wildman–Crippen MR) is 71.8 cm³/mol. The van der Waals surface area contributed by atoms with Crippen molar-refractivity contribution in [1.82, 2.24) is 5.32 Å². The Kier molecular flexibility index (Phi) is 4.07. The first kappa shape index (κ1) is 13.8. The van der Waals surface area contributed by atoms with Gasteiger partial charge in [-0.2, -0.15) is 0 Å². The average molecular weight is 264 g/mol. The Labute approximate surface area is 112 Å². The molecule has 1 saturated heterocycles. The molecule has 104 valence electrons. The highest BCUT2D eigenvalue weighted by Gasteiger charge is 2.26. The minimum atomic E-state index is -0.707. The number of hydrogen-bond donors (Lipinski definition) is 4. The number of aliphatic hydroxyl groups excluding tert-OH is 1. The molecule has 0 radical (unpaired) electrons. The fourth-order valence-corrected chi connectivity index (χ4v) is 2.59. The third-order valence-corrected chi connectivity index (χ3v) is 3.66. The van der Waals surface area contributed by atoms with Crippen molar-refractivity contribution in [2.45, 2.75) is 44.4 Å². The summed E-state index contributed by atoms with van der Waals surface area (Å²) in [6, 6.07) is 4.82. The lowest BCUT2D eigenvalue weighted by Crippen LogP contribution is -2.44. The standard InChI is InChI=1S/C14H20N2O3/c1-8-3-2-4-11(16-8)13(18)9-5-6-12(17)10(7-9)14(15)19/h5-8,11,13,16-18H,2-4H2,1H3,(H2,15,19). The number of nitrogens with two attached hydrogens (primary N) is 1. The Hall–Kier alpha value is -1.59. The highest BCUT2D eigenvalue weighted by atomic mass is 16.3. The van der Waals surface area contributed by atoms with Gasteiger partial charge in [0.05, 0.1) is 11.7 Å². The normalized spacial score (nSPS) is 24.9. The number of primary amides is 1. The quantitative estimate of drug-likeness (QED) is 0.656. The number of carbonyl (C=O) groups excluding carboxylic acids is 1. The predicted octanol–water partition coefficient (Wildman–Crippen LogP) is 1.06. The number of hydrogen-bond acceptors (Lipinski definition) is 4. The van der Waals surface area contributed by atoms with E-state index in [2.05, 4.69) is 12.2 Å². The van der Waals surface area contributed by atoms with Crippen molar-refractivity contribution in [3.63, 3.8) is 0 Å². The van der Waals surface area contributed by atoms with Gasteiger partial charge in [-0.25, -0.2) is 0 Å². The molecule has 1 aliphatic heterocycles. The van der Waals surface area contributed by atoms with Crippen LogP contribution in [0.3, 0.4) is 0 Å². The molecule has 5 heteroatoms. The number of rotatable bonds is 3.